The molecule has 37 heavy (non-hydrogen) atoms. The molecule has 3 aromatic rings. The number of aliphatic hydroxyl groups is 1. The summed E-state index contributed by atoms with van der Waals surface area (Å²) in [7, 11) is 1.58. The van der Waals surface area contributed by atoms with Crippen LogP contribution in [-0.2, 0) is 4.74 Å². The monoisotopic (exact) mass is 547 g/mol. The molecule has 1 atom stereocenters. The lowest BCUT2D eigenvalue weighted by molar-refractivity contribution is -0.0690. The van der Waals surface area contributed by atoms with Crippen LogP contribution in [-0.4, -0.2) is 66.7 Å². The minimum atomic E-state index is -3.23. The van der Waals surface area contributed by atoms with Crippen molar-refractivity contribution in [3.05, 3.63) is 17.8 Å². The molecular formula is C23H29F4N5O4S. The number of rotatable bonds is 15. The SMILES string of the molecule is CCC(CO)CCNc1nc(NCCOC)nc(C)c1-c1nc2cc(OC(F)F)c(OC(F)F)cc2s1. The number of ether oxygens (including phenoxy) is 3. The van der Waals surface area contributed by atoms with E-state index in [9.17, 15) is 22.7 Å². The van der Waals surface area contributed by atoms with Crippen molar-refractivity contribution in [3.8, 4) is 22.1 Å². The van der Waals surface area contributed by atoms with E-state index in [1.807, 2.05) is 6.92 Å². The number of aromatic nitrogens is 3. The molecule has 0 saturated carbocycles. The molecule has 1 aromatic carbocycles. The van der Waals surface area contributed by atoms with Gasteiger partial charge >= 0.3 is 13.2 Å². The summed E-state index contributed by atoms with van der Waals surface area (Å²) in [6.45, 7) is -1.16. The predicted octanol–water partition coefficient (Wildman–Crippen LogP) is 5.14. The lowest BCUT2D eigenvalue weighted by atomic mass is 10.0. The van der Waals surface area contributed by atoms with Gasteiger partial charge in [-0.25, -0.2) is 9.97 Å². The smallest absolute Gasteiger partial charge is 0.387 e. The first-order valence-corrected chi connectivity index (χ1v) is 12.4. The maximum atomic E-state index is 12.9. The fourth-order valence-electron chi connectivity index (χ4n) is 3.54. The molecule has 0 spiro atoms. The Bertz CT molecular complexity index is 1120. The number of aryl methyl sites for hydroxylation is 1. The Morgan fingerprint density at radius 2 is 1.70 bits per heavy atom. The maximum absolute atomic E-state index is 12.9. The molecule has 0 saturated heterocycles. The van der Waals surface area contributed by atoms with Gasteiger partial charge in [-0.2, -0.15) is 22.5 Å². The highest BCUT2D eigenvalue weighted by molar-refractivity contribution is 7.21. The molecule has 0 radical (unpaired) electrons. The zero-order valence-corrected chi connectivity index (χ0v) is 21.4. The zero-order valence-electron chi connectivity index (χ0n) is 20.6. The molecule has 2 heterocycles. The number of benzene rings is 1. The molecule has 0 aliphatic carbocycles. The Morgan fingerprint density at radius 1 is 1.00 bits per heavy atom. The van der Waals surface area contributed by atoms with Gasteiger partial charge in [-0.1, -0.05) is 13.3 Å². The lowest BCUT2D eigenvalue weighted by Gasteiger charge is -2.16. The largest absolute Gasteiger partial charge is 0.431 e. The summed E-state index contributed by atoms with van der Waals surface area (Å²) < 4.78 is 65.7. The highest BCUT2D eigenvalue weighted by Gasteiger charge is 2.21. The number of halogens is 4. The normalized spacial score (nSPS) is 12.4. The first kappa shape index (κ1) is 28.6. The average Bonchev–Trinajstić information content (AvgIpc) is 3.23. The number of alkyl halides is 4. The summed E-state index contributed by atoms with van der Waals surface area (Å²) >= 11 is 1.14. The Balaban J connectivity index is 2.02. The van der Waals surface area contributed by atoms with E-state index in [4.69, 9.17) is 4.74 Å². The molecule has 9 nitrogen and oxygen atoms in total. The molecule has 3 N–H and O–H groups in total. The number of hydrogen-bond acceptors (Lipinski definition) is 10. The first-order chi connectivity index (χ1) is 17.7. The summed E-state index contributed by atoms with van der Waals surface area (Å²) in [6, 6.07) is 2.33. The van der Waals surface area contributed by atoms with E-state index in [-0.39, 0.29) is 18.0 Å². The van der Waals surface area contributed by atoms with Crippen molar-refractivity contribution in [1.29, 1.82) is 0 Å². The van der Waals surface area contributed by atoms with Gasteiger partial charge in [-0.05, 0) is 19.3 Å². The van der Waals surface area contributed by atoms with E-state index >= 15 is 0 Å². The van der Waals surface area contributed by atoms with Crippen molar-refractivity contribution >= 4 is 33.3 Å². The summed E-state index contributed by atoms with van der Waals surface area (Å²) in [5.41, 5.74) is 1.42. The van der Waals surface area contributed by atoms with Crippen LogP contribution in [0.15, 0.2) is 12.1 Å². The number of thiazole rings is 1. The van der Waals surface area contributed by atoms with Crippen molar-refractivity contribution < 1.29 is 36.9 Å². The number of methoxy groups -OCH3 is 1. The lowest BCUT2D eigenvalue weighted by Crippen LogP contribution is -2.15. The van der Waals surface area contributed by atoms with E-state index in [1.54, 1.807) is 14.0 Å². The van der Waals surface area contributed by atoms with E-state index in [0.717, 1.165) is 23.8 Å². The maximum Gasteiger partial charge on any atom is 0.387 e. The van der Waals surface area contributed by atoms with Crippen LogP contribution < -0.4 is 20.1 Å². The Morgan fingerprint density at radius 3 is 2.32 bits per heavy atom. The summed E-state index contributed by atoms with van der Waals surface area (Å²) in [5.74, 6) is -0.0826. The summed E-state index contributed by atoms with van der Waals surface area (Å²) in [5, 5.41) is 16.3. The molecule has 2 aromatic heterocycles. The average molecular weight is 548 g/mol. The van der Waals surface area contributed by atoms with Crippen molar-refractivity contribution in [2.75, 3.05) is 44.0 Å². The van der Waals surface area contributed by atoms with Crippen LogP contribution in [0.4, 0.5) is 29.3 Å². The van der Waals surface area contributed by atoms with Gasteiger partial charge in [0.2, 0.25) is 5.95 Å². The molecule has 0 fully saturated rings. The second kappa shape index (κ2) is 13.5. The van der Waals surface area contributed by atoms with Crippen LogP contribution >= 0.6 is 11.3 Å². The summed E-state index contributed by atoms with van der Waals surface area (Å²) in [6.07, 6.45) is 1.52. The molecule has 0 amide bonds. The molecular weight excluding hydrogens is 518 g/mol. The molecule has 1 unspecified atom stereocenters. The molecule has 14 heteroatoms. The van der Waals surface area contributed by atoms with Crippen molar-refractivity contribution in [2.24, 2.45) is 5.92 Å². The van der Waals surface area contributed by atoms with E-state index in [0.29, 0.717) is 58.8 Å². The van der Waals surface area contributed by atoms with Crippen LogP contribution in [0.2, 0.25) is 0 Å². The zero-order chi connectivity index (χ0) is 26.9. The van der Waals surface area contributed by atoms with Gasteiger partial charge in [0.15, 0.2) is 11.5 Å². The first-order valence-electron chi connectivity index (χ1n) is 11.6. The topological polar surface area (TPSA) is 111 Å². The fourth-order valence-corrected chi connectivity index (χ4v) is 4.61. The highest BCUT2D eigenvalue weighted by atomic mass is 32.1. The molecule has 3 rings (SSSR count). The summed E-state index contributed by atoms with van der Waals surface area (Å²) in [4.78, 5) is 13.6. The molecule has 0 bridgehead atoms. The van der Waals surface area contributed by atoms with Crippen LogP contribution in [0.25, 0.3) is 20.8 Å². The number of nitrogens with one attached hydrogen (secondary N) is 2. The molecule has 0 aliphatic heterocycles. The van der Waals surface area contributed by atoms with Gasteiger partial charge in [0.1, 0.15) is 10.8 Å². The van der Waals surface area contributed by atoms with Gasteiger partial charge in [0.25, 0.3) is 0 Å². The van der Waals surface area contributed by atoms with Crippen molar-refractivity contribution in [1.82, 2.24) is 15.0 Å². The Labute approximate surface area is 215 Å². The third-order valence-electron chi connectivity index (χ3n) is 5.46. The van der Waals surface area contributed by atoms with Crippen LogP contribution in [0.1, 0.15) is 25.5 Å². The number of nitrogens with zero attached hydrogens (tertiary/aromatic N) is 3. The standard InChI is InChI=1S/C23H29F4N5O4S/c1-4-13(11-33)5-6-28-19-18(12(2)30-23(32-19)29-7-8-34-3)20-31-14-9-15(35-21(24)25)16(36-22(26)27)10-17(14)37-20/h9-10,13,21-22,33H,4-8,11H2,1-3H3,(H2,28,29,30,32). The second-order valence-electron chi connectivity index (χ2n) is 7.99. The second-order valence-corrected chi connectivity index (χ2v) is 9.02. The number of anilines is 2. The Kier molecular flexibility index (Phi) is 10.5. The van der Waals surface area contributed by atoms with Crippen LogP contribution in [0.5, 0.6) is 11.5 Å². The minimum Gasteiger partial charge on any atom is -0.431 e. The van der Waals surface area contributed by atoms with Gasteiger partial charge in [-0.3, -0.25) is 0 Å². The van der Waals surface area contributed by atoms with Crippen LogP contribution in [0.3, 0.4) is 0 Å². The predicted molar refractivity (Wildman–Crippen MR) is 133 cm³/mol. The van der Waals surface area contributed by atoms with Gasteiger partial charge in [-0.15, -0.1) is 11.3 Å². The highest BCUT2D eigenvalue weighted by Crippen LogP contribution is 2.41. The van der Waals surface area contributed by atoms with Gasteiger partial charge < -0.3 is 30.0 Å². The van der Waals surface area contributed by atoms with E-state index < -0.39 is 24.7 Å². The van der Waals surface area contributed by atoms with Crippen molar-refractivity contribution in [2.45, 2.75) is 39.9 Å². The fraction of sp³-hybridized carbons (Fsp3) is 0.522. The van der Waals surface area contributed by atoms with Gasteiger partial charge in [0, 0.05) is 38.9 Å². The quantitative estimate of drug-likeness (QED) is 0.176. The molecule has 0 aliphatic rings. The van der Waals surface area contributed by atoms with Gasteiger partial charge in [0.05, 0.1) is 28.1 Å². The van der Waals surface area contributed by atoms with E-state index in [1.165, 1.54) is 6.07 Å². The van der Waals surface area contributed by atoms with Crippen molar-refractivity contribution in [3.63, 3.8) is 0 Å². The van der Waals surface area contributed by atoms with Crippen LogP contribution in [0, 0.1) is 12.8 Å². The number of fused-ring (bicyclic) bond motifs is 1. The van der Waals surface area contributed by atoms with E-state index in [2.05, 4.69) is 35.1 Å². The Hall–Kier alpha value is -2.97. The molecule has 204 valence electrons. The number of hydrogen-bond donors (Lipinski definition) is 3. The third kappa shape index (κ3) is 7.76. The number of aliphatic hydroxyl groups excluding tert-OH is 1. The minimum absolute atomic E-state index is 0.0710. The third-order valence-corrected chi connectivity index (χ3v) is 6.50.